The highest BCUT2D eigenvalue weighted by Crippen LogP contribution is 2.22. The molecule has 0 spiro atoms. The number of likely N-dealkylation sites (tertiary alicyclic amines) is 1. The Hall–Kier alpha value is -0.960. The van der Waals surface area contributed by atoms with Crippen molar-refractivity contribution in [2.75, 3.05) is 20.1 Å². The first-order chi connectivity index (χ1) is 7.65. The Labute approximate surface area is 95.1 Å². The van der Waals surface area contributed by atoms with Crippen LogP contribution in [0.15, 0.2) is 18.2 Å². The second-order valence-electron chi connectivity index (χ2n) is 4.69. The Bertz CT molecular complexity index is 357. The van der Waals surface area contributed by atoms with Crippen molar-refractivity contribution in [3.63, 3.8) is 0 Å². The first kappa shape index (κ1) is 11.5. The van der Waals surface area contributed by atoms with Gasteiger partial charge in [0.25, 0.3) is 0 Å². The van der Waals surface area contributed by atoms with Crippen molar-refractivity contribution in [2.24, 2.45) is 5.92 Å². The molecule has 1 fully saturated rings. The van der Waals surface area contributed by atoms with E-state index in [-0.39, 0.29) is 11.6 Å². The van der Waals surface area contributed by atoms with Gasteiger partial charge in [0.1, 0.15) is 11.6 Å². The van der Waals surface area contributed by atoms with Crippen LogP contribution < -0.4 is 0 Å². The van der Waals surface area contributed by atoms with Crippen LogP contribution in [-0.4, -0.2) is 25.0 Å². The van der Waals surface area contributed by atoms with Crippen LogP contribution in [-0.2, 0) is 6.42 Å². The molecule has 0 bridgehead atoms. The molecule has 0 atom stereocenters. The maximum atomic E-state index is 13.4. The van der Waals surface area contributed by atoms with Gasteiger partial charge >= 0.3 is 0 Å². The van der Waals surface area contributed by atoms with Crippen LogP contribution in [0, 0.1) is 17.6 Å². The van der Waals surface area contributed by atoms with Crippen LogP contribution in [0.5, 0.6) is 0 Å². The lowest BCUT2D eigenvalue weighted by Crippen LogP contribution is -2.31. The van der Waals surface area contributed by atoms with Gasteiger partial charge in [-0.15, -0.1) is 0 Å². The molecule has 0 aromatic heterocycles. The summed E-state index contributed by atoms with van der Waals surface area (Å²) in [7, 11) is 2.10. The lowest BCUT2D eigenvalue weighted by molar-refractivity contribution is 0.218. The SMILES string of the molecule is CN1CCC(Cc2cc(F)ccc2F)CC1. The van der Waals surface area contributed by atoms with Gasteiger partial charge in [0, 0.05) is 0 Å². The number of benzene rings is 1. The van der Waals surface area contributed by atoms with E-state index < -0.39 is 0 Å². The van der Waals surface area contributed by atoms with Gasteiger partial charge in [0.2, 0.25) is 0 Å². The van der Waals surface area contributed by atoms with Crippen LogP contribution in [0.4, 0.5) is 8.78 Å². The van der Waals surface area contributed by atoms with E-state index in [4.69, 9.17) is 0 Å². The fraction of sp³-hybridized carbons (Fsp3) is 0.538. The lowest BCUT2D eigenvalue weighted by atomic mass is 9.90. The summed E-state index contributed by atoms with van der Waals surface area (Å²) in [5.41, 5.74) is 0.523. The number of halogens is 2. The van der Waals surface area contributed by atoms with Crippen molar-refractivity contribution >= 4 is 0 Å². The van der Waals surface area contributed by atoms with Gasteiger partial charge < -0.3 is 4.90 Å². The van der Waals surface area contributed by atoms with E-state index in [0.29, 0.717) is 17.9 Å². The molecular formula is C13H17F2N. The monoisotopic (exact) mass is 225 g/mol. The Kier molecular flexibility index (Phi) is 3.54. The zero-order chi connectivity index (χ0) is 11.5. The predicted molar refractivity (Wildman–Crippen MR) is 60.3 cm³/mol. The highest BCUT2D eigenvalue weighted by molar-refractivity contribution is 5.19. The van der Waals surface area contributed by atoms with Gasteiger partial charge in [-0.25, -0.2) is 8.78 Å². The quantitative estimate of drug-likeness (QED) is 0.748. The molecule has 1 aliphatic rings. The molecule has 88 valence electrons. The summed E-state index contributed by atoms with van der Waals surface area (Å²) in [6, 6.07) is 3.72. The maximum Gasteiger partial charge on any atom is 0.126 e. The minimum absolute atomic E-state index is 0.277. The molecule has 1 heterocycles. The van der Waals surface area contributed by atoms with Gasteiger partial charge in [0.05, 0.1) is 0 Å². The number of rotatable bonds is 2. The van der Waals surface area contributed by atoms with E-state index in [1.807, 2.05) is 0 Å². The highest BCUT2D eigenvalue weighted by Gasteiger charge is 2.18. The number of hydrogen-bond donors (Lipinski definition) is 0. The number of hydrogen-bond acceptors (Lipinski definition) is 1. The third kappa shape index (κ3) is 2.79. The topological polar surface area (TPSA) is 3.24 Å². The minimum atomic E-state index is -0.343. The van der Waals surface area contributed by atoms with Crippen molar-refractivity contribution in [2.45, 2.75) is 19.3 Å². The van der Waals surface area contributed by atoms with E-state index >= 15 is 0 Å². The van der Waals surface area contributed by atoms with Crippen LogP contribution >= 0.6 is 0 Å². The summed E-state index contributed by atoms with van der Waals surface area (Å²) in [6.45, 7) is 2.11. The van der Waals surface area contributed by atoms with Crippen molar-refractivity contribution in [1.82, 2.24) is 4.90 Å². The van der Waals surface area contributed by atoms with Crippen LogP contribution in [0.3, 0.4) is 0 Å². The standard InChI is InChI=1S/C13H17F2N/c1-16-6-4-10(5-7-16)8-11-9-12(14)2-3-13(11)15/h2-3,9-10H,4-8H2,1H3. The second-order valence-corrected chi connectivity index (χ2v) is 4.69. The summed E-state index contributed by atoms with van der Waals surface area (Å²) in [4.78, 5) is 2.28. The molecule has 1 nitrogen and oxygen atoms in total. The largest absolute Gasteiger partial charge is 0.306 e. The molecule has 1 aromatic rings. The third-order valence-electron chi connectivity index (χ3n) is 3.35. The predicted octanol–water partition coefficient (Wildman–Crippen LogP) is 2.85. The summed E-state index contributed by atoms with van der Waals surface area (Å²) in [6.07, 6.45) is 2.82. The second kappa shape index (κ2) is 4.91. The summed E-state index contributed by atoms with van der Waals surface area (Å²) >= 11 is 0. The third-order valence-corrected chi connectivity index (χ3v) is 3.35. The molecule has 3 heteroatoms. The van der Waals surface area contributed by atoms with Crippen LogP contribution in [0.25, 0.3) is 0 Å². The zero-order valence-electron chi connectivity index (χ0n) is 9.55. The summed E-state index contributed by atoms with van der Waals surface area (Å²) in [5.74, 6) is -0.128. The maximum absolute atomic E-state index is 13.4. The van der Waals surface area contributed by atoms with E-state index in [2.05, 4.69) is 11.9 Å². The first-order valence-electron chi connectivity index (χ1n) is 5.77. The van der Waals surface area contributed by atoms with E-state index in [1.54, 1.807) is 0 Å². The van der Waals surface area contributed by atoms with Gasteiger partial charge in [-0.1, -0.05) is 0 Å². The molecule has 1 aromatic carbocycles. The molecule has 0 radical (unpaired) electrons. The number of nitrogens with zero attached hydrogens (tertiary/aromatic N) is 1. The van der Waals surface area contributed by atoms with Crippen molar-refractivity contribution in [3.8, 4) is 0 Å². The molecule has 0 saturated carbocycles. The van der Waals surface area contributed by atoms with Crippen molar-refractivity contribution < 1.29 is 8.78 Å². The van der Waals surface area contributed by atoms with Gasteiger partial charge in [0.15, 0.2) is 0 Å². The zero-order valence-corrected chi connectivity index (χ0v) is 9.55. The molecule has 0 unspecified atom stereocenters. The van der Waals surface area contributed by atoms with Gasteiger partial charge in [-0.3, -0.25) is 0 Å². The fourth-order valence-electron chi connectivity index (χ4n) is 2.28. The Morgan fingerprint density at radius 2 is 1.94 bits per heavy atom. The van der Waals surface area contributed by atoms with Crippen molar-refractivity contribution in [3.05, 3.63) is 35.4 Å². The molecule has 2 rings (SSSR count). The molecule has 0 aliphatic carbocycles. The Morgan fingerprint density at radius 1 is 1.25 bits per heavy atom. The highest BCUT2D eigenvalue weighted by atomic mass is 19.1. The molecule has 16 heavy (non-hydrogen) atoms. The Balaban J connectivity index is 2.00. The summed E-state index contributed by atoms with van der Waals surface area (Å²) < 4.78 is 26.4. The average molecular weight is 225 g/mol. The normalized spacial score (nSPS) is 18.9. The van der Waals surface area contributed by atoms with Gasteiger partial charge in [-0.2, -0.15) is 0 Å². The number of piperidine rings is 1. The minimum Gasteiger partial charge on any atom is -0.306 e. The van der Waals surface area contributed by atoms with Crippen molar-refractivity contribution in [1.29, 1.82) is 0 Å². The Morgan fingerprint density at radius 3 is 2.62 bits per heavy atom. The molecule has 0 N–H and O–H groups in total. The average Bonchev–Trinajstić information content (AvgIpc) is 2.27. The van der Waals surface area contributed by atoms with Crippen LogP contribution in [0.2, 0.25) is 0 Å². The first-order valence-corrected chi connectivity index (χ1v) is 5.77. The van der Waals surface area contributed by atoms with E-state index in [1.165, 1.54) is 18.2 Å². The van der Waals surface area contributed by atoms with Gasteiger partial charge in [-0.05, 0) is 69.1 Å². The molecular weight excluding hydrogens is 208 g/mol. The molecule has 1 aliphatic heterocycles. The fourth-order valence-corrected chi connectivity index (χ4v) is 2.28. The summed E-state index contributed by atoms with van der Waals surface area (Å²) in [5, 5.41) is 0. The molecule has 1 saturated heterocycles. The van der Waals surface area contributed by atoms with E-state index in [9.17, 15) is 8.78 Å². The smallest absolute Gasteiger partial charge is 0.126 e. The molecule has 0 amide bonds. The lowest BCUT2D eigenvalue weighted by Gasteiger charge is -2.29. The van der Waals surface area contributed by atoms with E-state index in [0.717, 1.165) is 25.9 Å². The van der Waals surface area contributed by atoms with Crippen LogP contribution in [0.1, 0.15) is 18.4 Å².